The smallest absolute Gasteiger partial charge is 0.139 e. The van der Waals surface area contributed by atoms with Crippen LogP contribution < -0.4 is 0 Å². The molecule has 0 aromatic carbocycles. The van der Waals surface area contributed by atoms with Crippen LogP contribution in [0.2, 0.25) is 0 Å². The molecule has 90 valence electrons. The number of hydrogen-bond donors (Lipinski definition) is 0. The molecule has 0 spiro atoms. The minimum atomic E-state index is 0.0586. The molecule has 1 nitrogen and oxygen atoms in total. The molecule has 0 aromatic rings. The van der Waals surface area contributed by atoms with E-state index in [0.717, 1.165) is 24.2 Å². The summed E-state index contributed by atoms with van der Waals surface area (Å²) in [5.41, 5.74) is 0.420. The van der Waals surface area contributed by atoms with Crippen LogP contribution in [0.1, 0.15) is 53.4 Å². The summed E-state index contributed by atoms with van der Waals surface area (Å²) in [6.07, 6.45) is 4.70. The predicted octanol–water partition coefficient (Wildman–Crippen LogP) is 3.67. The molecule has 4 rings (SSSR count). The number of carbonyl (C=O) groups excluding carboxylic acids is 1. The standard InChI is InChI=1S/C15H24O/c1-9(2)11-5-12-14(3)6-10(11)7-15(12,4)13(16)8-14/h9-12H,5-8H2,1-4H3/t10-,11-,12+,14+,15+/m0/s1. The Kier molecular flexibility index (Phi) is 1.97. The number of hydrogen-bond acceptors (Lipinski definition) is 1. The zero-order valence-electron chi connectivity index (χ0n) is 11.0. The van der Waals surface area contributed by atoms with Gasteiger partial charge in [-0.2, -0.15) is 0 Å². The van der Waals surface area contributed by atoms with Gasteiger partial charge in [0.15, 0.2) is 0 Å². The lowest BCUT2D eigenvalue weighted by Crippen LogP contribution is -2.50. The molecule has 4 aliphatic rings. The molecule has 1 heteroatoms. The highest BCUT2D eigenvalue weighted by Gasteiger charge is 2.65. The molecule has 0 amide bonds. The zero-order chi connectivity index (χ0) is 11.7. The van der Waals surface area contributed by atoms with Crippen LogP contribution in [0.3, 0.4) is 0 Å². The molecule has 4 aliphatic carbocycles. The first kappa shape index (κ1) is 10.8. The van der Waals surface area contributed by atoms with Crippen molar-refractivity contribution in [2.75, 3.05) is 0 Å². The summed E-state index contributed by atoms with van der Waals surface area (Å²) in [5, 5.41) is 0. The molecule has 0 radical (unpaired) electrons. The summed E-state index contributed by atoms with van der Waals surface area (Å²) in [6, 6.07) is 0. The minimum Gasteiger partial charge on any atom is -0.299 e. The summed E-state index contributed by atoms with van der Waals surface area (Å²) < 4.78 is 0. The van der Waals surface area contributed by atoms with Crippen molar-refractivity contribution >= 4 is 5.78 Å². The van der Waals surface area contributed by atoms with Crippen LogP contribution >= 0.6 is 0 Å². The van der Waals surface area contributed by atoms with Gasteiger partial charge in [0.25, 0.3) is 0 Å². The van der Waals surface area contributed by atoms with E-state index < -0.39 is 0 Å². The van der Waals surface area contributed by atoms with Crippen LogP contribution in [0, 0.1) is 34.5 Å². The average molecular weight is 220 g/mol. The summed E-state index contributed by atoms with van der Waals surface area (Å²) >= 11 is 0. The van der Waals surface area contributed by atoms with Gasteiger partial charge in [-0.25, -0.2) is 0 Å². The summed E-state index contributed by atoms with van der Waals surface area (Å²) in [6.45, 7) is 9.36. The zero-order valence-corrected chi connectivity index (χ0v) is 11.0. The maximum atomic E-state index is 12.2. The largest absolute Gasteiger partial charge is 0.299 e. The van der Waals surface area contributed by atoms with Crippen molar-refractivity contribution in [3.63, 3.8) is 0 Å². The summed E-state index contributed by atoms with van der Waals surface area (Å²) in [4.78, 5) is 12.2. The Hall–Kier alpha value is -0.330. The molecular formula is C15H24O. The minimum absolute atomic E-state index is 0.0586. The number of Topliss-reactive ketones (excluding diaryl/α,β-unsaturated/α-hetero) is 1. The Balaban J connectivity index is 1.99. The van der Waals surface area contributed by atoms with E-state index in [0.29, 0.717) is 17.1 Å². The van der Waals surface area contributed by atoms with Gasteiger partial charge < -0.3 is 0 Å². The predicted molar refractivity (Wildman–Crippen MR) is 65.0 cm³/mol. The van der Waals surface area contributed by atoms with E-state index in [4.69, 9.17) is 0 Å². The van der Waals surface area contributed by atoms with Crippen molar-refractivity contribution < 1.29 is 4.79 Å². The van der Waals surface area contributed by atoms with Gasteiger partial charge in [0.05, 0.1) is 0 Å². The van der Waals surface area contributed by atoms with Crippen molar-refractivity contribution in [1.29, 1.82) is 0 Å². The summed E-state index contributed by atoms with van der Waals surface area (Å²) in [5.74, 6) is 3.77. The Morgan fingerprint density at radius 3 is 2.44 bits per heavy atom. The molecule has 0 unspecified atom stereocenters. The molecule has 4 saturated carbocycles. The molecule has 5 atom stereocenters. The lowest BCUT2D eigenvalue weighted by atomic mass is 9.47. The highest BCUT2D eigenvalue weighted by atomic mass is 16.1. The molecule has 0 saturated heterocycles. The Bertz CT molecular complexity index is 345. The van der Waals surface area contributed by atoms with Crippen molar-refractivity contribution in [1.82, 2.24) is 0 Å². The van der Waals surface area contributed by atoms with Gasteiger partial charge >= 0.3 is 0 Å². The van der Waals surface area contributed by atoms with E-state index in [9.17, 15) is 4.79 Å². The van der Waals surface area contributed by atoms with Crippen molar-refractivity contribution in [3.8, 4) is 0 Å². The molecule has 0 heterocycles. The van der Waals surface area contributed by atoms with Gasteiger partial charge in [-0.3, -0.25) is 4.79 Å². The molecule has 0 N–H and O–H groups in total. The van der Waals surface area contributed by atoms with Crippen LogP contribution in [0.25, 0.3) is 0 Å². The van der Waals surface area contributed by atoms with Gasteiger partial charge in [-0.15, -0.1) is 0 Å². The van der Waals surface area contributed by atoms with Gasteiger partial charge in [-0.05, 0) is 48.3 Å². The Morgan fingerprint density at radius 2 is 1.94 bits per heavy atom. The first-order chi connectivity index (χ1) is 7.37. The van der Waals surface area contributed by atoms with E-state index in [1.54, 1.807) is 0 Å². The fourth-order valence-corrected chi connectivity index (χ4v) is 5.47. The topological polar surface area (TPSA) is 17.1 Å². The third-order valence-corrected chi connectivity index (χ3v) is 6.20. The lowest BCUT2D eigenvalue weighted by molar-refractivity contribution is -0.134. The third-order valence-electron chi connectivity index (χ3n) is 6.20. The van der Waals surface area contributed by atoms with Gasteiger partial charge in [0.1, 0.15) is 5.78 Å². The summed E-state index contributed by atoms with van der Waals surface area (Å²) in [7, 11) is 0. The Morgan fingerprint density at radius 1 is 1.25 bits per heavy atom. The first-order valence-electron chi connectivity index (χ1n) is 6.90. The second-order valence-corrected chi connectivity index (χ2v) is 7.54. The fourth-order valence-electron chi connectivity index (χ4n) is 5.47. The second-order valence-electron chi connectivity index (χ2n) is 7.54. The quantitative estimate of drug-likeness (QED) is 0.659. The maximum Gasteiger partial charge on any atom is 0.139 e. The van der Waals surface area contributed by atoms with E-state index in [1.165, 1.54) is 19.3 Å². The van der Waals surface area contributed by atoms with Gasteiger partial charge in [0, 0.05) is 11.8 Å². The fraction of sp³-hybridized carbons (Fsp3) is 0.933. The van der Waals surface area contributed by atoms with Crippen LogP contribution in [-0.4, -0.2) is 5.78 Å². The molecule has 0 aliphatic heterocycles. The van der Waals surface area contributed by atoms with E-state index in [2.05, 4.69) is 27.7 Å². The third kappa shape index (κ3) is 1.10. The van der Waals surface area contributed by atoms with Crippen LogP contribution in [0.15, 0.2) is 0 Å². The number of fused-ring (bicyclic) bond motifs is 1. The number of ketones is 1. The lowest BCUT2D eigenvalue weighted by Gasteiger charge is -2.56. The first-order valence-corrected chi connectivity index (χ1v) is 6.90. The van der Waals surface area contributed by atoms with Crippen molar-refractivity contribution in [2.24, 2.45) is 34.5 Å². The van der Waals surface area contributed by atoms with Crippen molar-refractivity contribution in [3.05, 3.63) is 0 Å². The monoisotopic (exact) mass is 220 g/mol. The SMILES string of the molecule is CC(C)[C@@H]1C[C@@H]2[C@@]3(C)CC(=O)[C@]2(C)C[C@@H]1C3. The highest BCUT2D eigenvalue weighted by Crippen LogP contribution is 2.69. The van der Waals surface area contributed by atoms with Gasteiger partial charge in [0.2, 0.25) is 0 Å². The van der Waals surface area contributed by atoms with Crippen LogP contribution in [-0.2, 0) is 4.79 Å². The number of rotatable bonds is 1. The molecular weight excluding hydrogens is 196 g/mol. The van der Waals surface area contributed by atoms with E-state index in [-0.39, 0.29) is 5.41 Å². The Labute approximate surface area is 99.0 Å². The van der Waals surface area contributed by atoms with Crippen LogP contribution in [0.4, 0.5) is 0 Å². The highest BCUT2D eigenvalue weighted by molar-refractivity contribution is 5.88. The van der Waals surface area contributed by atoms with Crippen LogP contribution in [0.5, 0.6) is 0 Å². The van der Waals surface area contributed by atoms with E-state index >= 15 is 0 Å². The number of carbonyl (C=O) groups is 1. The average Bonchev–Trinajstić information content (AvgIpc) is 2.27. The second kappa shape index (κ2) is 2.91. The molecule has 0 aromatic heterocycles. The molecule has 4 bridgehead atoms. The molecule has 16 heavy (non-hydrogen) atoms. The van der Waals surface area contributed by atoms with E-state index in [1.807, 2.05) is 0 Å². The normalized spacial score (nSPS) is 55.1. The maximum absolute atomic E-state index is 12.2. The van der Waals surface area contributed by atoms with Crippen molar-refractivity contribution in [2.45, 2.75) is 53.4 Å². The molecule has 4 fully saturated rings. The van der Waals surface area contributed by atoms with Gasteiger partial charge in [-0.1, -0.05) is 27.7 Å².